The van der Waals surface area contributed by atoms with Gasteiger partial charge in [0.05, 0.1) is 25.1 Å². The number of aromatic nitrogens is 2. The fraction of sp³-hybridized carbons (Fsp3) is 0.611. The SMILES string of the molecule is CSCCC(N)C(=O)NC(Cc1cnc[nH]1)C(=O)NC(CO)C(=O)NC(C(=O)O)C(C)O. The molecule has 5 unspecified atom stereocenters. The number of carbonyl (C=O) groups is 4. The van der Waals surface area contributed by atoms with Crippen LogP contribution in [0.15, 0.2) is 12.5 Å². The van der Waals surface area contributed by atoms with Crippen LogP contribution in [0.5, 0.6) is 0 Å². The first-order valence-electron chi connectivity index (χ1n) is 9.75. The summed E-state index contributed by atoms with van der Waals surface area (Å²) in [5.74, 6) is -3.23. The number of nitrogens with two attached hydrogens (primary N) is 1. The van der Waals surface area contributed by atoms with Gasteiger partial charge in [-0.05, 0) is 25.4 Å². The third kappa shape index (κ3) is 8.82. The highest BCUT2D eigenvalue weighted by Crippen LogP contribution is 2.03. The van der Waals surface area contributed by atoms with E-state index in [1.807, 2.05) is 11.6 Å². The second-order valence-corrected chi connectivity index (χ2v) is 8.02. The summed E-state index contributed by atoms with van der Waals surface area (Å²) < 4.78 is 0. The van der Waals surface area contributed by atoms with Crippen LogP contribution in [0.25, 0.3) is 0 Å². The van der Waals surface area contributed by atoms with Crippen molar-refractivity contribution in [2.45, 2.75) is 50.0 Å². The molecule has 1 aromatic heterocycles. The normalized spacial score (nSPS) is 15.7. The number of nitrogens with one attached hydrogen (secondary N) is 4. The van der Waals surface area contributed by atoms with Crippen LogP contribution in [0, 0.1) is 0 Å². The molecule has 3 amide bonds. The van der Waals surface area contributed by atoms with E-state index in [1.165, 1.54) is 31.2 Å². The molecule has 1 aromatic rings. The largest absolute Gasteiger partial charge is 0.480 e. The number of carboxylic acid groups (broad SMARTS) is 1. The molecule has 0 saturated heterocycles. The number of imidazole rings is 1. The summed E-state index contributed by atoms with van der Waals surface area (Å²) in [5, 5.41) is 35.0. The fourth-order valence-electron chi connectivity index (χ4n) is 2.59. The zero-order valence-electron chi connectivity index (χ0n) is 17.8. The van der Waals surface area contributed by atoms with E-state index in [0.717, 1.165) is 0 Å². The average Bonchev–Trinajstić information content (AvgIpc) is 3.25. The standard InChI is InChI=1S/C18H30N6O7S/c1-9(26)14(18(30)31)24-17(29)13(7-25)23-16(28)12(5-10-6-20-8-21-10)22-15(27)11(19)3-4-32-2/h6,8-9,11-14,25-26H,3-5,7,19H2,1-2H3,(H,20,21)(H,22,27)(H,23,28)(H,24,29)(H,30,31). The summed E-state index contributed by atoms with van der Waals surface area (Å²) >= 11 is 1.52. The maximum Gasteiger partial charge on any atom is 0.328 e. The summed E-state index contributed by atoms with van der Waals surface area (Å²) in [5.41, 5.74) is 6.37. The lowest BCUT2D eigenvalue weighted by atomic mass is 10.1. The second-order valence-electron chi connectivity index (χ2n) is 7.04. The van der Waals surface area contributed by atoms with E-state index in [1.54, 1.807) is 0 Å². The number of aliphatic hydroxyl groups excluding tert-OH is 2. The summed E-state index contributed by atoms with van der Waals surface area (Å²) in [6.07, 6.45) is 3.69. The molecule has 0 fully saturated rings. The van der Waals surface area contributed by atoms with Gasteiger partial charge in [-0.2, -0.15) is 11.8 Å². The van der Waals surface area contributed by atoms with Gasteiger partial charge < -0.3 is 42.0 Å². The fourth-order valence-corrected chi connectivity index (χ4v) is 3.08. The Morgan fingerprint density at radius 2 is 1.78 bits per heavy atom. The number of amides is 3. The zero-order valence-corrected chi connectivity index (χ0v) is 18.6. The number of carbonyl (C=O) groups excluding carboxylic acids is 3. The van der Waals surface area contributed by atoms with E-state index < -0.39 is 60.6 Å². The second kappa shape index (κ2) is 13.7. The Labute approximate surface area is 188 Å². The van der Waals surface area contributed by atoms with Crippen LogP contribution in [0.2, 0.25) is 0 Å². The lowest BCUT2D eigenvalue weighted by molar-refractivity contribution is -0.145. The van der Waals surface area contributed by atoms with Gasteiger partial charge in [0.1, 0.15) is 12.1 Å². The van der Waals surface area contributed by atoms with Crippen LogP contribution in [-0.2, 0) is 25.6 Å². The molecule has 0 aromatic carbocycles. The molecule has 14 heteroatoms. The highest BCUT2D eigenvalue weighted by atomic mass is 32.2. The number of aromatic amines is 1. The summed E-state index contributed by atoms with van der Waals surface area (Å²) in [6, 6.07) is -5.16. The van der Waals surface area contributed by atoms with Gasteiger partial charge in [0.25, 0.3) is 0 Å². The van der Waals surface area contributed by atoms with E-state index in [2.05, 4.69) is 20.6 Å². The molecule has 0 spiro atoms. The Morgan fingerprint density at radius 3 is 2.28 bits per heavy atom. The molecule has 9 N–H and O–H groups in total. The van der Waals surface area contributed by atoms with Gasteiger partial charge in [0, 0.05) is 18.3 Å². The van der Waals surface area contributed by atoms with Gasteiger partial charge in [-0.25, -0.2) is 9.78 Å². The van der Waals surface area contributed by atoms with Gasteiger partial charge in [-0.15, -0.1) is 0 Å². The Balaban J connectivity index is 2.90. The first kappa shape index (κ1) is 27.4. The van der Waals surface area contributed by atoms with Gasteiger partial charge >= 0.3 is 5.97 Å². The van der Waals surface area contributed by atoms with Crippen molar-refractivity contribution in [2.24, 2.45) is 5.73 Å². The quantitative estimate of drug-likeness (QED) is 0.136. The number of aliphatic carboxylic acids is 1. The number of H-pyrrole nitrogens is 1. The number of carboxylic acids is 1. The smallest absolute Gasteiger partial charge is 0.328 e. The van der Waals surface area contributed by atoms with Crippen molar-refractivity contribution in [1.29, 1.82) is 0 Å². The number of thioether (sulfide) groups is 1. The number of rotatable bonds is 14. The van der Waals surface area contributed by atoms with Crippen molar-refractivity contribution in [1.82, 2.24) is 25.9 Å². The predicted molar refractivity (Wildman–Crippen MR) is 115 cm³/mol. The molecule has 13 nitrogen and oxygen atoms in total. The molecule has 1 rings (SSSR count). The lowest BCUT2D eigenvalue weighted by Crippen LogP contribution is -2.59. The average molecular weight is 475 g/mol. The number of hydrogen-bond acceptors (Lipinski definition) is 9. The molecule has 32 heavy (non-hydrogen) atoms. The summed E-state index contributed by atoms with van der Waals surface area (Å²) in [7, 11) is 0. The number of nitrogens with zero attached hydrogens (tertiary/aromatic N) is 1. The minimum absolute atomic E-state index is 0.00197. The van der Waals surface area contributed by atoms with Crippen LogP contribution in [0.1, 0.15) is 19.0 Å². The Kier molecular flexibility index (Phi) is 11.7. The molecule has 0 aliphatic rings. The molecule has 0 bridgehead atoms. The van der Waals surface area contributed by atoms with Gasteiger partial charge in [0.15, 0.2) is 6.04 Å². The molecule has 0 aliphatic carbocycles. The topological polar surface area (TPSA) is 220 Å². The molecule has 0 radical (unpaired) electrons. The van der Waals surface area contributed by atoms with Crippen molar-refractivity contribution in [2.75, 3.05) is 18.6 Å². The lowest BCUT2D eigenvalue weighted by Gasteiger charge is -2.24. The van der Waals surface area contributed by atoms with Gasteiger partial charge in [-0.3, -0.25) is 14.4 Å². The van der Waals surface area contributed by atoms with E-state index in [-0.39, 0.29) is 6.42 Å². The third-order valence-electron chi connectivity index (χ3n) is 4.44. The van der Waals surface area contributed by atoms with Crippen molar-refractivity contribution < 1.29 is 34.5 Å². The molecule has 0 saturated carbocycles. The molecule has 5 atom stereocenters. The van der Waals surface area contributed by atoms with Crippen LogP contribution < -0.4 is 21.7 Å². The van der Waals surface area contributed by atoms with Crippen molar-refractivity contribution in [3.05, 3.63) is 18.2 Å². The molecular weight excluding hydrogens is 444 g/mol. The van der Waals surface area contributed by atoms with Crippen LogP contribution >= 0.6 is 11.8 Å². The van der Waals surface area contributed by atoms with Crippen molar-refractivity contribution in [3.63, 3.8) is 0 Å². The van der Waals surface area contributed by atoms with E-state index in [4.69, 9.17) is 10.8 Å². The van der Waals surface area contributed by atoms with Crippen LogP contribution in [0.3, 0.4) is 0 Å². The Morgan fingerprint density at radius 1 is 1.16 bits per heavy atom. The third-order valence-corrected chi connectivity index (χ3v) is 5.09. The molecular formula is C18H30N6O7S. The molecule has 0 aliphatic heterocycles. The van der Waals surface area contributed by atoms with Crippen LogP contribution in [0.4, 0.5) is 0 Å². The van der Waals surface area contributed by atoms with E-state index >= 15 is 0 Å². The zero-order chi connectivity index (χ0) is 24.3. The van der Waals surface area contributed by atoms with E-state index in [0.29, 0.717) is 17.9 Å². The van der Waals surface area contributed by atoms with Crippen molar-refractivity contribution >= 4 is 35.5 Å². The Bertz CT molecular complexity index is 761. The monoisotopic (exact) mass is 474 g/mol. The highest BCUT2D eigenvalue weighted by molar-refractivity contribution is 7.98. The number of hydrogen-bond donors (Lipinski definition) is 8. The summed E-state index contributed by atoms with van der Waals surface area (Å²) in [6.45, 7) is 0.323. The van der Waals surface area contributed by atoms with Crippen molar-refractivity contribution in [3.8, 4) is 0 Å². The first-order valence-corrected chi connectivity index (χ1v) is 11.1. The maximum atomic E-state index is 12.8. The van der Waals surface area contributed by atoms with Gasteiger partial charge in [0.2, 0.25) is 17.7 Å². The van der Waals surface area contributed by atoms with Gasteiger partial charge in [-0.1, -0.05) is 0 Å². The van der Waals surface area contributed by atoms with E-state index in [9.17, 15) is 29.4 Å². The first-order chi connectivity index (χ1) is 15.1. The Hall–Kier alpha value is -2.68. The van der Waals surface area contributed by atoms with Crippen LogP contribution in [-0.4, -0.2) is 97.9 Å². The predicted octanol–water partition coefficient (Wildman–Crippen LogP) is -3.06. The molecule has 1 heterocycles. The summed E-state index contributed by atoms with van der Waals surface area (Å²) in [4.78, 5) is 55.4. The minimum atomic E-state index is -1.64. The molecule has 180 valence electrons. The maximum absolute atomic E-state index is 12.8. The highest BCUT2D eigenvalue weighted by Gasteiger charge is 2.31. The number of aliphatic hydroxyl groups is 2. The minimum Gasteiger partial charge on any atom is -0.480 e.